The minimum Gasteiger partial charge on any atom is -0.395 e. The predicted molar refractivity (Wildman–Crippen MR) is 112 cm³/mol. The van der Waals surface area contributed by atoms with Gasteiger partial charge in [0.15, 0.2) is 0 Å². The molecule has 0 saturated carbocycles. The zero-order valence-corrected chi connectivity index (χ0v) is 18.6. The third-order valence-electron chi connectivity index (χ3n) is 2.81. The van der Waals surface area contributed by atoms with E-state index in [-0.39, 0.29) is 43.0 Å². The first-order valence-electron chi connectivity index (χ1n) is 6.56. The zero-order valence-electron chi connectivity index (χ0n) is 12.2. The molecule has 0 bridgehead atoms. The molecule has 0 aromatic heterocycles. The van der Waals surface area contributed by atoms with Crippen LogP contribution in [0.15, 0.2) is 0 Å². The van der Waals surface area contributed by atoms with Gasteiger partial charge < -0.3 is 26.6 Å². The van der Waals surface area contributed by atoms with Crippen LogP contribution in [0.2, 0.25) is 0 Å². The lowest BCUT2D eigenvalue weighted by molar-refractivity contribution is 0.0941. The largest absolute Gasteiger partial charge is 0.395 e. The predicted octanol–water partition coefficient (Wildman–Crippen LogP) is 0.0435. The number of carbonyl (C=O) groups excluding carboxylic acids is 3. The Balaban J connectivity index is 3.59. The molecule has 0 aliphatic carbocycles. The SMILES string of the molecule is NC(=O)c1c(I)c(C(=O)NCCO)c(I)c(C(=O)NCCO)c1I. The van der Waals surface area contributed by atoms with Crippen LogP contribution < -0.4 is 16.4 Å². The lowest BCUT2D eigenvalue weighted by atomic mass is 10.0. The van der Waals surface area contributed by atoms with Crippen LogP contribution in [0.25, 0.3) is 0 Å². The monoisotopic (exact) mass is 673 g/mol. The zero-order chi connectivity index (χ0) is 18.4. The fourth-order valence-corrected chi connectivity index (χ4v) is 6.47. The van der Waals surface area contributed by atoms with Crippen LogP contribution in [0.1, 0.15) is 31.1 Å². The van der Waals surface area contributed by atoms with Crippen LogP contribution in [-0.2, 0) is 0 Å². The fraction of sp³-hybridized carbons (Fsp3) is 0.308. The molecule has 0 heterocycles. The Morgan fingerprint density at radius 3 is 1.42 bits per heavy atom. The van der Waals surface area contributed by atoms with Crippen molar-refractivity contribution in [2.24, 2.45) is 5.73 Å². The van der Waals surface area contributed by atoms with Gasteiger partial charge in [-0.15, -0.1) is 0 Å². The number of nitrogens with one attached hydrogen (secondary N) is 2. The summed E-state index contributed by atoms with van der Waals surface area (Å²) >= 11 is 5.53. The minimum absolute atomic E-state index is 0.0366. The summed E-state index contributed by atoms with van der Waals surface area (Å²) in [5.74, 6) is -1.80. The van der Waals surface area contributed by atoms with Gasteiger partial charge in [-0.25, -0.2) is 0 Å². The quantitative estimate of drug-likeness (QED) is 0.261. The van der Waals surface area contributed by atoms with Gasteiger partial charge in [-0.2, -0.15) is 0 Å². The average Bonchev–Trinajstić information content (AvgIpc) is 2.50. The molecule has 1 rings (SSSR count). The van der Waals surface area contributed by atoms with Crippen LogP contribution in [0.5, 0.6) is 0 Å². The molecular weight excluding hydrogens is 659 g/mol. The van der Waals surface area contributed by atoms with Crippen molar-refractivity contribution in [1.82, 2.24) is 10.6 Å². The molecule has 3 amide bonds. The third-order valence-corrected chi connectivity index (χ3v) is 6.05. The summed E-state index contributed by atoms with van der Waals surface area (Å²) in [6, 6.07) is 0. The van der Waals surface area contributed by atoms with Crippen LogP contribution in [-0.4, -0.2) is 54.2 Å². The number of nitrogens with two attached hydrogens (primary N) is 1. The fourth-order valence-electron chi connectivity index (χ4n) is 1.79. The van der Waals surface area contributed by atoms with Crippen molar-refractivity contribution in [2.45, 2.75) is 0 Å². The molecule has 0 radical (unpaired) electrons. The summed E-state index contributed by atoms with van der Waals surface area (Å²) in [5.41, 5.74) is 5.79. The highest BCUT2D eigenvalue weighted by Crippen LogP contribution is 2.32. The number of aliphatic hydroxyl groups excluding tert-OH is 2. The van der Waals surface area contributed by atoms with E-state index in [0.29, 0.717) is 10.7 Å². The summed E-state index contributed by atoms with van der Waals surface area (Å²) in [5, 5.41) is 22.7. The number of aliphatic hydroxyl groups is 2. The summed E-state index contributed by atoms with van der Waals surface area (Å²) in [4.78, 5) is 36.5. The third kappa shape index (κ3) is 4.89. The second kappa shape index (κ2) is 10.0. The van der Waals surface area contributed by atoms with Crippen molar-refractivity contribution in [1.29, 1.82) is 0 Å². The molecule has 6 N–H and O–H groups in total. The number of hydrogen-bond donors (Lipinski definition) is 5. The van der Waals surface area contributed by atoms with E-state index >= 15 is 0 Å². The minimum atomic E-state index is -0.757. The van der Waals surface area contributed by atoms with E-state index in [1.165, 1.54) is 0 Å². The molecule has 0 unspecified atom stereocenters. The number of rotatable bonds is 7. The highest BCUT2D eigenvalue weighted by atomic mass is 127. The first-order chi connectivity index (χ1) is 11.3. The van der Waals surface area contributed by atoms with Crippen molar-refractivity contribution in [3.8, 4) is 0 Å². The second-order valence-electron chi connectivity index (χ2n) is 4.39. The van der Waals surface area contributed by atoms with Gasteiger partial charge in [0.05, 0.1) is 29.9 Å². The number of halogens is 3. The highest BCUT2D eigenvalue weighted by Gasteiger charge is 2.29. The number of amides is 3. The molecule has 132 valence electrons. The van der Waals surface area contributed by atoms with Gasteiger partial charge in [0.25, 0.3) is 17.7 Å². The number of primary amides is 1. The summed E-state index contributed by atoms with van der Waals surface area (Å²) < 4.78 is 1.03. The van der Waals surface area contributed by atoms with E-state index < -0.39 is 17.7 Å². The molecule has 24 heavy (non-hydrogen) atoms. The smallest absolute Gasteiger partial charge is 0.253 e. The van der Waals surface area contributed by atoms with Gasteiger partial charge >= 0.3 is 0 Å². The maximum Gasteiger partial charge on any atom is 0.253 e. The molecule has 0 spiro atoms. The van der Waals surface area contributed by atoms with Crippen molar-refractivity contribution in [2.75, 3.05) is 26.3 Å². The molecule has 8 nitrogen and oxygen atoms in total. The van der Waals surface area contributed by atoms with E-state index in [0.717, 1.165) is 0 Å². The molecule has 1 aromatic rings. The maximum absolute atomic E-state index is 12.4. The van der Waals surface area contributed by atoms with Gasteiger partial charge in [0.2, 0.25) is 0 Å². The molecule has 0 fully saturated rings. The van der Waals surface area contributed by atoms with E-state index in [9.17, 15) is 14.4 Å². The Hall–Kier alpha value is -0.260. The Labute approximate surface area is 178 Å². The lowest BCUT2D eigenvalue weighted by Gasteiger charge is -2.17. The van der Waals surface area contributed by atoms with E-state index in [2.05, 4.69) is 10.6 Å². The number of hydrogen-bond acceptors (Lipinski definition) is 5. The van der Waals surface area contributed by atoms with Crippen molar-refractivity contribution >= 4 is 85.5 Å². The topological polar surface area (TPSA) is 142 Å². The summed E-state index contributed by atoms with van der Waals surface area (Å²) in [7, 11) is 0. The van der Waals surface area contributed by atoms with E-state index in [4.69, 9.17) is 15.9 Å². The first kappa shape index (κ1) is 21.8. The lowest BCUT2D eigenvalue weighted by Crippen LogP contribution is -2.33. The van der Waals surface area contributed by atoms with Crippen LogP contribution in [0.3, 0.4) is 0 Å². The first-order valence-corrected chi connectivity index (χ1v) is 9.79. The Kier molecular flexibility index (Phi) is 9.10. The molecule has 1 aromatic carbocycles. The molecule has 0 aliphatic heterocycles. The van der Waals surface area contributed by atoms with Crippen LogP contribution in [0, 0.1) is 10.7 Å². The Morgan fingerprint density at radius 1 is 0.792 bits per heavy atom. The normalized spacial score (nSPS) is 10.4. The van der Waals surface area contributed by atoms with E-state index in [1.807, 2.05) is 67.8 Å². The molecule has 0 saturated heterocycles. The molecule has 11 heteroatoms. The summed E-state index contributed by atoms with van der Waals surface area (Å²) in [6.45, 7) is -0.407. The molecule has 0 atom stereocenters. The van der Waals surface area contributed by atoms with Crippen LogP contribution >= 0.6 is 67.8 Å². The van der Waals surface area contributed by atoms with Crippen molar-refractivity contribution < 1.29 is 24.6 Å². The van der Waals surface area contributed by atoms with Gasteiger partial charge in [0, 0.05) is 23.8 Å². The molecular formula is C13H14I3N3O5. The van der Waals surface area contributed by atoms with Crippen molar-refractivity contribution in [3.05, 3.63) is 27.4 Å². The molecule has 0 aliphatic rings. The van der Waals surface area contributed by atoms with Gasteiger partial charge in [-0.05, 0) is 67.8 Å². The van der Waals surface area contributed by atoms with Crippen LogP contribution in [0.4, 0.5) is 0 Å². The van der Waals surface area contributed by atoms with Gasteiger partial charge in [0.1, 0.15) is 0 Å². The van der Waals surface area contributed by atoms with Gasteiger partial charge in [-0.3, -0.25) is 14.4 Å². The maximum atomic E-state index is 12.4. The Morgan fingerprint density at radius 2 is 1.12 bits per heavy atom. The average molecular weight is 673 g/mol. The Bertz CT molecular complexity index is 634. The number of carbonyl (C=O) groups is 3. The highest BCUT2D eigenvalue weighted by molar-refractivity contribution is 14.1. The second-order valence-corrected chi connectivity index (χ2v) is 7.63. The van der Waals surface area contributed by atoms with Gasteiger partial charge in [-0.1, -0.05) is 0 Å². The summed E-state index contributed by atoms with van der Waals surface area (Å²) in [6.07, 6.45) is 0. The van der Waals surface area contributed by atoms with Crippen molar-refractivity contribution in [3.63, 3.8) is 0 Å². The number of benzene rings is 1. The van der Waals surface area contributed by atoms with E-state index in [1.54, 1.807) is 0 Å². The standard InChI is InChI=1S/C13H14I3N3O5/c14-8-5(11(17)22)9(15)7(13(24)19-2-4-21)10(16)6(8)12(23)18-1-3-20/h20-21H,1-4H2,(H2,17,22)(H,18,23)(H,19,24).